The van der Waals surface area contributed by atoms with Crippen molar-refractivity contribution in [3.63, 3.8) is 0 Å². The largest absolute Gasteiger partial charge is 0.453 e. The number of furan rings is 1. The molecular formula is C11H18BrNO2S. The molecule has 0 saturated carbocycles. The lowest BCUT2D eigenvalue weighted by Crippen LogP contribution is -2.29. The first-order chi connectivity index (χ1) is 7.49. The van der Waals surface area contributed by atoms with Crippen molar-refractivity contribution >= 4 is 26.7 Å². The first-order valence-corrected chi connectivity index (χ1v) is 7.82. The second kappa shape index (κ2) is 6.57. The van der Waals surface area contributed by atoms with Crippen LogP contribution in [0.5, 0.6) is 0 Å². The van der Waals surface area contributed by atoms with E-state index in [2.05, 4.69) is 35.1 Å². The highest BCUT2D eigenvalue weighted by Crippen LogP contribution is 2.20. The zero-order valence-electron chi connectivity index (χ0n) is 9.83. The molecule has 1 aromatic rings. The van der Waals surface area contributed by atoms with Crippen molar-refractivity contribution in [3.05, 3.63) is 22.6 Å². The molecule has 0 aliphatic heterocycles. The zero-order chi connectivity index (χ0) is 12.1. The number of halogens is 1. The van der Waals surface area contributed by atoms with Gasteiger partial charge in [0.15, 0.2) is 4.67 Å². The molecule has 1 rings (SSSR count). The van der Waals surface area contributed by atoms with Gasteiger partial charge in [-0.1, -0.05) is 0 Å². The summed E-state index contributed by atoms with van der Waals surface area (Å²) in [5, 5.41) is 3.42. The minimum atomic E-state index is -0.712. The molecule has 1 heterocycles. The van der Waals surface area contributed by atoms with Crippen LogP contribution in [0, 0.1) is 0 Å². The Labute approximate surface area is 108 Å². The van der Waals surface area contributed by atoms with Gasteiger partial charge in [-0.05, 0) is 48.3 Å². The third-order valence-corrected chi connectivity index (χ3v) is 3.63. The molecule has 1 N–H and O–H groups in total. The molecule has 3 atom stereocenters. The van der Waals surface area contributed by atoms with Gasteiger partial charge in [0.05, 0.1) is 6.04 Å². The van der Waals surface area contributed by atoms with E-state index in [1.807, 2.05) is 12.1 Å². The predicted molar refractivity (Wildman–Crippen MR) is 71.0 cm³/mol. The van der Waals surface area contributed by atoms with Gasteiger partial charge in [-0.25, -0.2) is 0 Å². The summed E-state index contributed by atoms with van der Waals surface area (Å²) < 4.78 is 17.2. The quantitative estimate of drug-likeness (QED) is 0.878. The van der Waals surface area contributed by atoms with E-state index in [4.69, 9.17) is 4.42 Å². The average molecular weight is 308 g/mol. The van der Waals surface area contributed by atoms with Crippen LogP contribution >= 0.6 is 15.9 Å². The zero-order valence-corrected chi connectivity index (χ0v) is 12.2. The topological polar surface area (TPSA) is 42.2 Å². The maximum atomic E-state index is 11.0. The van der Waals surface area contributed by atoms with Crippen LogP contribution in [0.1, 0.15) is 32.1 Å². The van der Waals surface area contributed by atoms with Gasteiger partial charge in [-0.15, -0.1) is 0 Å². The van der Waals surface area contributed by atoms with Gasteiger partial charge in [0.25, 0.3) is 0 Å². The molecule has 16 heavy (non-hydrogen) atoms. The summed E-state index contributed by atoms with van der Waals surface area (Å²) >= 11 is 3.28. The van der Waals surface area contributed by atoms with Gasteiger partial charge in [-0.3, -0.25) is 4.21 Å². The second-order valence-electron chi connectivity index (χ2n) is 4.00. The molecule has 3 unspecified atom stereocenters. The minimum Gasteiger partial charge on any atom is -0.453 e. The Balaban J connectivity index is 2.39. The third kappa shape index (κ3) is 4.80. The minimum absolute atomic E-state index is 0.173. The van der Waals surface area contributed by atoms with Gasteiger partial charge < -0.3 is 9.73 Å². The lowest BCUT2D eigenvalue weighted by Gasteiger charge is -2.17. The van der Waals surface area contributed by atoms with Crippen molar-refractivity contribution in [2.75, 3.05) is 12.0 Å². The van der Waals surface area contributed by atoms with Gasteiger partial charge in [-0.2, -0.15) is 0 Å². The molecular weight excluding hydrogens is 290 g/mol. The van der Waals surface area contributed by atoms with Crippen LogP contribution in [-0.4, -0.2) is 22.3 Å². The summed E-state index contributed by atoms with van der Waals surface area (Å²) in [6, 6.07) is 4.35. The van der Waals surface area contributed by atoms with Crippen LogP contribution in [-0.2, 0) is 10.8 Å². The summed E-state index contributed by atoms with van der Waals surface area (Å²) in [5.74, 6) is 1.65. The Kier molecular flexibility index (Phi) is 5.72. The van der Waals surface area contributed by atoms with E-state index in [1.54, 1.807) is 6.26 Å². The van der Waals surface area contributed by atoms with Gasteiger partial charge in [0.2, 0.25) is 0 Å². The fourth-order valence-electron chi connectivity index (χ4n) is 1.50. The molecule has 0 bridgehead atoms. The van der Waals surface area contributed by atoms with Gasteiger partial charge >= 0.3 is 0 Å². The molecule has 0 saturated heterocycles. The van der Waals surface area contributed by atoms with Crippen LogP contribution in [0.2, 0.25) is 0 Å². The summed E-state index contributed by atoms with van der Waals surface area (Å²) in [5.41, 5.74) is 0. The van der Waals surface area contributed by atoms with Crippen molar-refractivity contribution in [2.24, 2.45) is 0 Å². The van der Waals surface area contributed by atoms with E-state index in [1.165, 1.54) is 0 Å². The number of nitrogens with one attached hydrogen (secondary N) is 1. The molecule has 3 nitrogen and oxygen atoms in total. The normalized spacial score (nSPS) is 17.0. The van der Waals surface area contributed by atoms with E-state index in [0.717, 1.165) is 22.6 Å². The monoisotopic (exact) mass is 307 g/mol. The van der Waals surface area contributed by atoms with E-state index in [9.17, 15) is 4.21 Å². The van der Waals surface area contributed by atoms with Crippen molar-refractivity contribution in [2.45, 2.75) is 32.4 Å². The van der Waals surface area contributed by atoms with Gasteiger partial charge in [0, 0.05) is 28.9 Å². The SMILES string of the molecule is CC(CCS(C)=O)NC(C)c1ccc(Br)o1. The van der Waals surface area contributed by atoms with Crippen molar-refractivity contribution in [3.8, 4) is 0 Å². The third-order valence-electron chi connectivity index (χ3n) is 2.39. The average Bonchev–Trinajstić information content (AvgIpc) is 2.62. The molecule has 0 fully saturated rings. The first kappa shape index (κ1) is 13.9. The summed E-state index contributed by atoms with van der Waals surface area (Å²) in [7, 11) is -0.712. The Bertz CT molecular complexity index is 354. The Hall–Kier alpha value is -0.130. The summed E-state index contributed by atoms with van der Waals surface area (Å²) in [4.78, 5) is 0. The van der Waals surface area contributed by atoms with E-state index >= 15 is 0 Å². The molecule has 92 valence electrons. The van der Waals surface area contributed by atoms with E-state index in [-0.39, 0.29) is 6.04 Å². The Morgan fingerprint density at radius 2 is 2.19 bits per heavy atom. The number of rotatable bonds is 6. The van der Waals surface area contributed by atoms with Crippen molar-refractivity contribution in [1.82, 2.24) is 5.32 Å². The lowest BCUT2D eigenvalue weighted by atomic mass is 10.2. The molecule has 0 amide bonds. The fourth-order valence-corrected chi connectivity index (χ4v) is 2.50. The highest BCUT2D eigenvalue weighted by Gasteiger charge is 2.12. The van der Waals surface area contributed by atoms with Crippen LogP contribution in [0.4, 0.5) is 0 Å². The van der Waals surface area contributed by atoms with Crippen LogP contribution in [0.25, 0.3) is 0 Å². The molecule has 0 aromatic carbocycles. The standard InChI is InChI=1S/C11H18BrNO2S/c1-8(6-7-16(3)14)13-9(2)10-4-5-11(12)15-10/h4-5,8-9,13H,6-7H2,1-3H3. The molecule has 0 aliphatic rings. The van der Waals surface area contributed by atoms with Crippen LogP contribution in [0.15, 0.2) is 21.2 Å². The molecule has 5 heteroatoms. The van der Waals surface area contributed by atoms with Crippen LogP contribution in [0.3, 0.4) is 0 Å². The molecule has 1 aromatic heterocycles. The maximum Gasteiger partial charge on any atom is 0.169 e. The fraction of sp³-hybridized carbons (Fsp3) is 0.636. The molecule has 0 spiro atoms. The highest BCUT2D eigenvalue weighted by molar-refractivity contribution is 9.10. The smallest absolute Gasteiger partial charge is 0.169 e. The van der Waals surface area contributed by atoms with E-state index < -0.39 is 10.8 Å². The predicted octanol–water partition coefficient (Wildman–Crippen LogP) is 2.85. The molecule has 0 aliphatic carbocycles. The summed E-state index contributed by atoms with van der Waals surface area (Å²) in [6.07, 6.45) is 2.65. The Morgan fingerprint density at radius 1 is 1.50 bits per heavy atom. The van der Waals surface area contributed by atoms with Crippen LogP contribution < -0.4 is 5.32 Å². The lowest BCUT2D eigenvalue weighted by molar-refractivity contribution is 0.386. The summed E-state index contributed by atoms with van der Waals surface area (Å²) in [6.45, 7) is 4.16. The number of hydrogen-bond acceptors (Lipinski definition) is 3. The van der Waals surface area contributed by atoms with Crippen molar-refractivity contribution < 1.29 is 8.63 Å². The van der Waals surface area contributed by atoms with E-state index in [0.29, 0.717) is 6.04 Å². The van der Waals surface area contributed by atoms with Crippen molar-refractivity contribution in [1.29, 1.82) is 0 Å². The second-order valence-corrected chi connectivity index (χ2v) is 6.33. The molecule has 0 radical (unpaired) electrons. The van der Waals surface area contributed by atoms with Gasteiger partial charge in [0.1, 0.15) is 5.76 Å². The number of hydrogen-bond donors (Lipinski definition) is 1. The maximum absolute atomic E-state index is 11.0. The first-order valence-electron chi connectivity index (χ1n) is 5.30. The Morgan fingerprint density at radius 3 is 2.69 bits per heavy atom. The highest BCUT2D eigenvalue weighted by atomic mass is 79.9.